The lowest BCUT2D eigenvalue weighted by Gasteiger charge is -2.59. The maximum Gasteiger partial charge on any atom is 0.307 e. The molecule has 4 heteroatoms. The summed E-state index contributed by atoms with van der Waals surface area (Å²) in [6.45, 7) is 4.35. The number of carbonyl (C=O) groups is 2. The van der Waals surface area contributed by atoms with Gasteiger partial charge in [0.1, 0.15) is 5.78 Å². The lowest BCUT2D eigenvalue weighted by atomic mass is 9.44. The molecule has 8 atom stereocenters. The van der Waals surface area contributed by atoms with Gasteiger partial charge >= 0.3 is 5.97 Å². The summed E-state index contributed by atoms with van der Waals surface area (Å²) in [5.41, 5.74) is -0.330. The molecule has 0 saturated heterocycles. The molecule has 4 aliphatic rings. The van der Waals surface area contributed by atoms with Gasteiger partial charge in [0, 0.05) is 12.3 Å². The Balaban J connectivity index is 1.68. The fourth-order valence-electron chi connectivity index (χ4n) is 7.46. The van der Waals surface area contributed by atoms with E-state index in [9.17, 15) is 19.8 Å². The molecule has 4 saturated carbocycles. The molecule has 134 valence electrons. The Labute approximate surface area is 144 Å². The molecular formula is C20H30O4. The Kier molecular flexibility index (Phi) is 3.66. The highest BCUT2D eigenvalue weighted by Gasteiger charge is 2.64. The Morgan fingerprint density at radius 2 is 1.83 bits per heavy atom. The van der Waals surface area contributed by atoms with Crippen molar-refractivity contribution < 1.29 is 19.8 Å². The SMILES string of the molecule is CC12CC(=O)C3C(CCC4CC(O)CCC43C)C1CCC2C(=O)O. The molecule has 0 bridgehead atoms. The first-order valence-electron chi connectivity index (χ1n) is 9.71. The number of carboxylic acids is 1. The second-order valence-electron chi connectivity index (χ2n) is 9.57. The van der Waals surface area contributed by atoms with Crippen LogP contribution in [0.25, 0.3) is 0 Å². The van der Waals surface area contributed by atoms with Crippen LogP contribution in [0.15, 0.2) is 0 Å². The highest BCUT2D eigenvalue weighted by Crippen LogP contribution is 2.66. The predicted octanol–water partition coefficient (Wildman–Crippen LogP) is 3.27. The van der Waals surface area contributed by atoms with Gasteiger partial charge in [-0.15, -0.1) is 0 Å². The molecule has 0 radical (unpaired) electrons. The predicted molar refractivity (Wildman–Crippen MR) is 89.2 cm³/mol. The van der Waals surface area contributed by atoms with E-state index >= 15 is 0 Å². The van der Waals surface area contributed by atoms with E-state index in [4.69, 9.17) is 0 Å². The Bertz CT molecular complexity index is 572. The first-order chi connectivity index (χ1) is 11.3. The second kappa shape index (κ2) is 5.30. The van der Waals surface area contributed by atoms with Crippen molar-refractivity contribution in [3.63, 3.8) is 0 Å². The van der Waals surface area contributed by atoms with Crippen LogP contribution in [0.3, 0.4) is 0 Å². The number of Topliss-reactive ketones (excluding diaryl/α,β-unsaturated/α-hetero) is 1. The number of hydrogen-bond acceptors (Lipinski definition) is 3. The highest BCUT2D eigenvalue weighted by atomic mass is 16.4. The van der Waals surface area contributed by atoms with Gasteiger partial charge in [-0.1, -0.05) is 13.8 Å². The summed E-state index contributed by atoms with van der Waals surface area (Å²) in [7, 11) is 0. The number of hydrogen-bond donors (Lipinski definition) is 2. The Hall–Kier alpha value is -0.900. The highest BCUT2D eigenvalue weighted by molar-refractivity contribution is 5.85. The smallest absolute Gasteiger partial charge is 0.307 e. The van der Waals surface area contributed by atoms with Gasteiger partial charge in [-0.3, -0.25) is 9.59 Å². The van der Waals surface area contributed by atoms with Gasteiger partial charge in [0.05, 0.1) is 12.0 Å². The lowest BCUT2D eigenvalue weighted by molar-refractivity contribution is -0.165. The molecule has 4 aliphatic carbocycles. The summed E-state index contributed by atoms with van der Waals surface area (Å²) >= 11 is 0. The molecule has 0 amide bonds. The molecule has 0 aromatic carbocycles. The largest absolute Gasteiger partial charge is 0.481 e. The number of aliphatic hydroxyl groups excluding tert-OH is 1. The van der Waals surface area contributed by atoms with Crippen LogP contribution in [0.2, 0.25) is 0 Å². The van der Waals surface area contributed by atoms with Crippen molar-refractivity contribution in [3.8, 4) is 0 Å². The molecule has 0 spiro atoms. The van der Waals surface area contributed by atoms with Crippen molar-refractivity contribution in [1.29, 1.82) is 0 Å². The van der Waals surface area contributed by atoms with Crippen molar-refractivity contribution in [2.45, 2.75) is 71.3 Å². The van der Waals surface area contributed by atoms with E-state index in [0.29, 0.717) is 30.0 Å². The molecule has 0 aromatic heterocycles. The van der Waals surface area contributed by atoms with Crippen LogP contribution in [0, 0.1) is 40.4 Å². The number of aliphatic hydroxyl groups is 1. The van der Waals surface area contributed by atoms with E-state index < -0.39 is 5.97 Å². The van der Waals surface area contributed by atoms with Crippen molar-refractivity contribution >= 4 is 11.8 Å². The maximum absolute atomic E-state index is 13.2. The summed E-state index contributed by atoms with van der Waals surface area (Å²) in [6, 6.07) is 0. The molecule has 4 rings (SSSR count). The third kappa shape index (κ3) is 2.07. The third-order valence-electron chi connectivity index (χ3n) is 8.62. The maximum atomic E-state index is 13.2. The average molecular weight is 334 g/mol. The van der Waals surface area contributed by atoms with Crippen LogP contribution in [-0.4, -0.2) is 28.1 Å². The summed E-state index contributed by atoms with van der Waals surface area (Å²) in [6.07, 6.45) is 6.65. The number of carboxylic acid groups (broad SMARTS) is 1. The van der Waals surface area contributed by atoms with Crippen LogP contribution < -0.4 is 0 Å². The van der Waals surface area contributed by atoms with E-state index in [1.54, 1.807) is 0 Å². The van der Waals surface area contributed by atoms with E-state index in [1.807, 2.05) is 0 Å². The summed E-state index contributed by atoms with van der Waals surface area (Å²) < 4.78 is 0. The Morgan fingerprint density at radius 3 is 2.54 bits per heavy atom. The molecule has 8 unspecified atom stereocenters. The van der Waals surface area contributed by atoms with E-state index in [0.717, 1.165) is 44.9 Å². The molecule has 4 nitrogen and oxygen atoms in total. The van der Waals surface area contributed by atoms with Gasteiger partial charge in [-0.2, -0.15) is 0 Å². The topological polar surface area (TPSA) is 74.6 Å². The molecule has 0 heterocycles. The van der Waals surface area contributed by atoms with Crippen molar-refractivity contribution in [3.05, 3.63) is 0 Å². The van der Waals surface area contributed by atoms with Gasteiger partial charge in [0.25, 0.3) is 0 Å². The molecule has 0 aromatic rings. The molecule has 24 heavy (non-hydrogen) atoms. The quantitative estimate of drug-likeness (QED) is 0.772. The minimum Gasteiger partial charge on any atom is -0.481 e. The summed E-state index contributed by atoms with van der Waals surface area (Å²) in [5, 5.41) is 19.7. The van der Waals surface area contributed by atoms with Crippen molar-refractivity contribution in [2.75, 3.05) is 0 Å². The van der Waals surface area contributed by atoms with Gasteiger partial charge in [0.15, 0.2) is 0 Å². The van der Waals surface area contributed by atoms with E-state index in [1.165, 1.54) is 0 Å². The zero-order valence-corrected chi connectivity index (χ0v) is 14.8. The van der Waals surface area contributed by atoms with E-state index in [2.05, 4.69) is 13.8 Å². The van der Waals surface area contributed by atoms with Gasteiger partial charge < -0.3 is 10.2 Å². The second-order valence-corrected chi connectivity index (χ2v) is 9.57. The zero-order chi connectivity index (χ0) is 17.3. The molecule has 4 fully saturated rings. The van der Waals surface area contributed by atoms with Crippen LogP contribution in [0.1, 0.15) is 65.2 Å². The minimum absolute atomic E-state index is 0.0157. The van der Waals surface area contributed by atoms with E-state index in [-0.39, 0.29) is 28.8 Å². The number of ketones is 1. The fourth-order valence-corrected chi connectivity index (χ4v) is 7.46. The first-order valence-corrected chi connectivity index (χ1v) is 9.71. The van der Waals surface area contributed by atoms with Crippen LogP contribution in [0.5, 0.6) is 0 Å². The monoisotopic (exact) mass is 334 g/mol. The standard InChI is InChI=1S/C20H30O4/c1-19-8-7-12(21)9-11(19)3-4-13-14-5-6-15(18(23)24)20(14,2)10-16(22)17(13)19/h11-15,17,21H,3-10H2,1-2H3,(H,23,24). The fraction of sp³-hybridized carbons (Fsp3) is 0.900. The average Bonchev–Trinajstić information content (AvgIpc) is 2.84. The van der Waals surface area contributed by atoms with Gasteiger partial charge in [-0.05, 0) is 73.5 Å². The number of fused-ring (bicyclic) bond motifs is 5. The molecule has 0 aliphatic heterocycles. The normalized spacial score (nSPS) is 53.9. The lowest BCUT2D eigenvalue weighted by Crippen LogP contribution is -2.58. The van der Waals surface area contributed by atoms with Gasteiger partial charge in [-0.25, -0.2) is 0 Å². The van der Waals surface area contributed by atoms with Crippen molar-refractivity contribution in [1.82, 2.24) is 0 Å². The molecule has 2 N–H and O–H groups in total. The summed E-state index contributed by atoms with van der Waals surface area (Å²) in [5.74, 6) is 0.526. The summed E-state index contributed by atoms with van der Waals surface area (Å²) in [4.78, 5) is 24.9. The van der Waals surface area contributed by atoms with Crippen LogP contribution in [-0.2, 0) is 9.59 Å². The number of rotatable bonds is 1. The van der Waals surface area contributed by atoms with Gasteiger partial charge in [0.2, 0.25) is 0 Å². The van der Waals surface area contributed by atoms with Crippen LogP contribution in [0.4, 0.5) is 0 Å². The van der Waals surface area contributed by atoms with Crippen molar-refractivity contribution in [2.24, 2.45) is 40.4 Å². The Morgan fingerprint density at radius 1 is 1.08 bits per heavy atom. The minimum atomic E-state index is -0.716. The van der Waals surface area contributed by atoms with Crippen LogP contribution >= 0.6 is 0 Å². The number of carbonyl (C=O) groups excluding carboxylic acids is 1. The zero-order valence-electron chi connectivity index (χ0n) is 14.8. The number of aliphatic carboxylic acids is 1. The third-order valence-corrected chi connectivity index (χ3v) is 8.62. The molecular weight excluding hydrogens is 304 g/mol. The first kappa shape index (κ1) is 16.6.